The van der Waals surface area contributed by atoms with E-state index in [1.807, 2.05) is 30.3 Å². The normalized spacial score (nSPS) is 14.3. The zero-order chi connectivity index (χ0) is 25.5. The summed E-state index contributed by atoms with van der Waals surface area (Å²) in [5, 5.41) is 10.6. The number of imidazole rings is 1. The average molecular weight is 505 g/mol. The molecular weight excluding hydrogens is 480 g/mol. The van der Waals surface area contributed by atoms with E-state index in [1.165, 1.54) is 6.42 Å². The van der Waals surface area contributed by atoms with Crippen LogP contribution in [-0.2, 0) is 4.79 Å². The van der Waals surface area contributed by atoms with E-state index in [-0.39, 0.29) is 11.8 Å². The summed E-state index contributed by atoms with van der Waals surface area (Å²) in [4.78, 5) is 34.5. The summed E-state index contributed by atoms with van der Waals surface area (Å²) in [6, 6.07) is 9.56. The Morgan fingerprint density at radius 2 is 1.95 bits per heavy atom. The number of carbonyl (C=O) groups excluding carboxylic acids is 1. The summed E-state index contributed by atoms with van der Waals surface area (Å²) in [5.74, 6) is 0.700. The van der Waals surface area contributed by atoms with Crippen LogP contribution in [0.2, 0.25) is 0 Å². The number of pyridine rings is 3. The number of aromatic nitrogens is 7. The lowest BCUT2D eigenvalue weighted by Gasteiger charge is -2.20. The van der Waals surface area contributed by atoms with Gasteiger partial charge in [-0.15, -0.1) is 0 Å². The van der Waals surface area contributed by atoms with Crippen molar-refractivity contribution >= 4 is 33.8 Å². The van der Waals surface area contributed by atoms with Gasteiger partial charge in [-0.1, -0.05) is 19.3 Å². The Bertz CT molecular complexity index is 1760. The zero-order valence-corrected chi connectivity index (χ0v) is 20.4. The number of fused-ring (bicyclic) bond motifs is 2. The first-order valence-electron chi connectivity index (χ1n) is 12.7. The van der Waals surface area contributed by atoms with Crippen molar-refractivity contribution in [2.24, 2.45) is 5.92 Å². The van der Waals surface area contributed by atoms with Gasteiger partial charge in [0.05, 0.1) is 41.1 Å². The molecule has 0 aromatic carbocycles. The molecule has 1 aliphatic rings. The molecule has 6 heterocycles. The molecule has 0 unspecified atom stereocenters. The molecule has 1 fully saturated rings. The number of amides is 1. The fourth-order valence-electron chi connectivity index (χ4n) is 5.16. The highest BCUT2D eigenvalue weighted by Gasteiger charge is 2.22. The maximum absolute atomic E-state index is 12.7. The van der Waals surface area contributed by atoms with Crippen molar-refractivity contribution in [2.75, 3.05) is 5.32 Å². The van der Waals surface area contributed by atoms with Crippen molar-refractivity contribution in [3.63, 3.8) is 0 Å². The van der Waals surface area contributed by atoms with E-state index in [0.29, 0.717) is 28.4 Å². The summed E-state index contributed by atoms with van der Waals surface area (Å²) in [7, 11) is 0. The lowest BCUT2D eigenvalue weighted by Crippen LogP contribution is -2.24. The third-order valence-electron chi connectivity index (χ3n) is 7.13. The van der Waals surface area contributed by atoms with Crippen LogP contribution >= 0.6 is 0 Å². The lowest BCUT2D eigenvalue weighted by atomic mass is 9.88. The molecule has 10 nitrogen and oxygen atoms in total. The Kier molecular flexibility index (Phi) is 5.42. The van der Waals surface area contributed by atoms with Gasteiger partial charge in [0.1, 0.15) is 5.52 Å². The molecule has 1 aliphatic carbocycles. The van der Waals surface area contributed by atoms with Crippen molar-refractivity contribution in [1.82, 2.24) is 35.1 Å². The van der Waals surface area contributed by atoms with Gasteiger partial charge in [0.25, 0.3) is 0 Å². The van der Waals surface area contributed by atoms with Gasteiger partial charge in [-0.25, -0.2) is 15.0 Å². The number of anilines is 1. The van der Waals surface area contributed by atoms with Crippen molar-refractivity contribution in [2.45, 2.75) is 32.1 Å². The number of hydrogen-bond acceptors (Lipinski definition) is 7. The second-order valence-corrected chi connectivity index (χ2v) is 9.61. The molecule has 1 saturated carbocycles. The lowest BCUT2D eigenvalue weighted by molar-refractivity contribution is -0.120. The molecular formula is C28H24N8O2. The Labute approximate surface area is 217 Å². The molecule has 6 aromatic rings. The Morgan fingerprint density at radius 1 is 1.03 bits per heavy atom. The van der Waals surface area contributed by atoms with E-state index < -0.39 is 0 Å². The molecule has 0 spiro atoms. The van der Waals surface area contributed by atoms with Gasteiger partial charge < -0.3 is 14.7 Å². The number of carbonyl (C=O) groups is 1. The Hall–Kier alpha value is -4.86. The van der Waals surface area contributed by atoms with Crippen molar-refractivity contribution in [1.29, 1.82) is 0 Å². The third-order valence-corrected chi connectivity index (χ3v) is 7.13. The molecule has 38 heavy (non-hydrogen) atoms. The standard InChI is InChI=1S/C28H24N8O2/c37-28(16-4-2-1-3-5-16)31-19-12-18(13-29-14-19)21-6-7-22-24(32-21)25(36-35-22)27-33-23-20(17-9-11-38-15-17)8-10-30-26(23)34-27/h6-16H,1-5H2,(H,31,37)(H,35,36)(H,30,33,34). The highest BCUT2D eigenvalue weighted by Crippen LogP contribution is 2.32. The van der Waals surface area contributed by atoms with E-state index in [4.69, 9.17) is 9.40 Å². The molecule has 10 heteroatoms. The Balaban J connectivity index is 1.23. The van der Waals surface area contributed by atoms with Crippen LogP contribution < -0.4 is 5.32 Å². The fourth-order valence-corrected chi connectivity index (χ4v) is 5.16. The van der Waals surface area contributed by atoms with Gasteiger partial charge in [-0.05, 0) is 43.2 Å². The van der Waals surface area contributed by atoms with Crippen LogP contribution in [0.1, 0.15) is 32.1 Å². The summed E-state index contributed by atoms with van der Waals surface area (Å²) in [6.45, 7) is 0. The number of nitrogens with one attached hydrogen (secondary N) is 3. The highest BCUT2D eigenvalue weighted by molar-refractivity contribution is 5.95. The van der Waals surface area contributed by atoms with Crippen molar-refractivity contribution in [3.05, 3.63) is 61.4 Å². The van der Waals surface area contributed by atoms with Crippen LogP contribution in [0.15, 0.2) is 65.9 Å². The second-order valence-electron chi connectivity index (χ2n) is 9.61. The number of furan rings is 1. The number of nitrogens with zero attached hydrogens (tertiary/aromatic N) is 5. The monoisotopic (exact) mass is 504 g/mol. The largest absolute Gasteiger partial charge is 0.472 e. The van der Waals surface area contributed by atoms with E-state index in [0.717, 1.165) is 59.1 Å². The molecule has 0 aliphatic heterocycles. The molecule has 0 bridgehead atoms. The summed E-state index contributed by atoms with van der Waals surface area (Å²) >= 11 is 0. The maximum Gasteiger partial charge on any atom is 0.227 e. The smallest absolute Gasteiger partial charge is 0.227 e. The second kappa shape index (κ2) is 9.22. The minimum atomic E-state index is 0.0671. The van der Waals surface area contributed by atoms with Crippen molar-refractivity contribution in [3.8, 4) is 33.9 Å². The molecule has 0 atom stereocenters. The van der Waals surface area contributed by atoms with E-state index in [2.05, 4.69) is 35.5 Å². The number of hydrogen-bond donors (Lipinski definition) is 3. The van der Waals surface area contributed by atoms with E-state index >= 15 is 0 Å². The molecule has 3 N–H and O–H groups in total. The molecule has 0 radical (unpaired) electrons. The Morgan fingerprint density at radius 3 is 2.82 bits per heavy atom. The summed E-state index contributed by atoms with van der Waals surface area (Å²) in [5.41, 5.74) is 7.47. The van der Waals surface area contributed by atoms with E-state index in [1.54, 1.807) is 31.1 Å². The molecule has 7 rings (SSSR count). The third kappa shape index (κ3) is 4.00. The highest BCUT2D eigenvalue weighted by atomic mass is 16.3. The predicted octanol–water partition coefficient (Wildman–Crippen LogP) is 5.74. The van der Waals surface area contributed by atoms with Gasteiger partial charge >= 0.3 is 0 Å². The zero-order valence-electron chi connectivity index (χ0n) is 20.4. The van der Waals surface area contributed by atoms with Crippen LogP contribution in [0.3, 0.4) is 0 Å². The fraction of sp³-hybridized carbons (Fsp3) is 0.214. The molecule has 6 aromatic heterocycles. The quantitative estimate of drug-likeness (QED) is 0.272. The summed E-state index contributed by atoms with van der Waals surface area (Å²) in [6.07, 6.45) is 13.8. The summed E-state index contributed by atoms with van der Waals surface area (Å²) < 4.78 is 5.26. The van der Waals surface area contributed by atoms with Gasteiger partial charge in [0.2, 0.25) is 5.91 Å². The number of aromatic amines is 2. The predicted molar refractivity (Wildman–Crippen MR) is 143 cm³/mol. The van der Waals surface area contributed by atoms with Crippen LogP contribution in [0, 0.1) is 5.92 Å². The first-order chi connectivity index (χ1) is 18.7. The van der Waals surface area contributed by atoms with Gasteiger partial charge in [-0.3, -0.25) is 14.9 Å². The van der Waals surface area contributed by atoms with Gasteiger partial charge in [0, 0.05) is 35.0 Å². The number of rotatable bonds is 5. The SMILES string of the molecule is O=C(Nc1cncc(-c2ccc3[nH]nc(-c4nc5nccc(-c6ccoc6)c5[nH]4)c3n2)c1)C1CCCCC1. The minimum Gasteiger partial charge on any atom is -0.472 e. The number of H-pyrrole nitrogens is 2. The topological polar surface area (TPSA) is 138 Å². The minimum absolute atomic E-state index is 0.0671. The van der Waals surface area contributed by atoms with Crippen LogP contribution in [0.25, 0.3) is 56.1 Å². The molecule has 0 saturated heterocycles. The van der Waals surface area contributed by atoms with Gasteiger partial charge in [0.15, 0.2) is 17.2 Å². The molecule has 1 amide bonds. The first-order valence-corrected chi connectivity index (χ1v) is 12.7. The van der Waals surface area contributed by atoms with Crippen molar-refractivity contribution < 1.29 is 9.21 Å². The average Bonchev–Trinajstić information content (AvgIpc) is 3.73. The molecule has 188 valence electrons. The maximum atomic E-state index is 12.7. The van der Waals surface area contributed by atoms with Crippen LogP contribution in [0.5, 0.6) is 0 Å². The first kappa shape index (κ1) is 22.3. The van der Waals surface area contributed by atoms with Gasteiger partial charge in [-0.2, -0.15) is 5.10 Å². The van der Waals surface area contributed by atoms with E-state index in [9.17, 15) is 4.79 Å². The van der Waals surface area contributed by atoms with Crippen LogP contribution in [-0.4, -0.2) is 41.0 Å². The van der Waals surface area contributed by atoms with Crippen LogP contribution in [0.4, 0.5) is 5.69 Å².